The molecule has 0 atom stereocenters. The Morgan fingerprint density at radius 3 is 2.41 bits per heavy atom. The molecule has 0 radical (unpaired) electrons. The number of anilines is 3. The number of ether oxygens (including phenoxy) is 1. The third-order valence-corrected chi connectivity index (χ3v) is 6.43. The Morgan fingerprint density at radius 2 is 1.62 bits per heavy atom. The molecule has 2 aliphatic heterocycles. The molecule has 0 aliphatic carbocycles. The molecule has 2 aromatic carbocycles. The number of rotatable bonds is 4. The number of para-hydroxylation sites is 1. The largest absolute Gasteiger partial charge is 0.456 e. The number of nitrogens with two attached hydrogens (primary N) is 1. The van der Waals surface area contributed by atoms with Crippen molar-refractivity contribution in [2.75, 3.05) is 55.3 Å². The molecule has 166 valence electrons. The zero-order chi connectivity index (χ0) is 22.1. The summed E-state index contributed by atoms with van der Waals surface area (Å²) in [5.74, 6) is 3.52. The minimum Gasteiger partial charge on any atom is -0.456 e. The summed E-state index contributed by atoms with van der Waals surface area (Å²) in [4.78, 5) is 15.9. The summed E-state index contributed by atoms with van der Waals surface area (Å²) in [5.41, 5.74) is 8.65. The average molecular weight is 451 g/mol. The van der Waals surface area contributed by atoms with E-state index in [0.29, 0.717) is 16.7 Å². The third-order valence-electron chi connectivity index (χ3n) is 6.12. The summed E-state index contributed by atoms with van der Waals surface area (Å²) in [6, 6.07) is 15.8. The molecule has 3 heterocycles. The van der Waals surface area contributed by atoms with Crippen LogP contribution < -0.4 is 20.3 Å². The molecule has 8 heteroatoms. The van der Waals surface area contributed by atoms with Crippen LogP contribution in [0.3, 0.4) is 0 Å². The van der Waals surface area contributed by atoms with Crippen LogP contribution in [-0.4, -0.2) is 54.6 Å². The van der Waals surface area contributed by atoms with Gasteiger partial charge in [-0.15, -0.1) is 0 Å². The first kappa shape index (κ1) is 20.8. The maximum Gasteiger partial charge on any atom is 0.223 e. The van der Waals surface area contributed by atoms with Gasteiger partial charge >= 0.3 is 0 Å². The number of fused-ring (bicyclic) bond motifs is 1. The molecule has 1 fully saturated rings. The van der Waals surface area contributed by atoms with Gasteiger partial charge < -0.3 is 25.2 Å². The SMILES string of the molecule is CN1CCN(c2cc(N3CCc4ccc(Oc5ccccc5Cl)cc4C3)nc(N)n2)CC1. The molecular formula is C24H27ClN6O. The molecule has 32 heavy (non-hydrogen) atoms. The number of nitrogen functional groups attached to an aromatic ring is 1. The molecule has 0 bridgehead atoms. The fraction of sp³-hybridized carbons (Fsp3) is 0.333. The normalized spacial score (nSPS) is 16.7. The monoisotopic (exact) mass is 450 g/mol. The number of hydrogen-bond acceptors (Lipinski definition) is 7. The summed E-state index contributed by atoms with van der Waals surface area (Å²) in [6.07, 6.45) is 0.940. The Balaban J connectivity index is 1.36. The van der Waals surface area contributed by atoms with Crippen LogP contribution in [0, 0.1) is 0 Å². The van der Waals surface area contributed by atoms with Gasteiger partial charge in [0.25, 0.3) is 0 Å². The van der Waals surface area contributed by atoms with Gasteiger partial charge in [0.05, 0.1) is 5.02 Å². The van der Waals surface area contributed by atoms with E-state index in [-0.39, 0.29) is 0 Å². The first-order valence-electron chi connectivity index (χ1n) is 10.9. The lowest BCUT2D eigenvalue weighted by atomic mass is 9.99. The van der Waals surface area contributed by atoms with Crippen molar-refractivity contribution < 1.29 is 4.74 Å². The second-order valence-electron chi connectivity index (χ2n) is 8.37. The van der Waals surface area contributed by atoms with Crippen LogP contribution in [0.15, 0.2) is 48.5 Å². The fourth-order valence-corrected chi connectivity index (χ4v) is 4.42. The Bertz CT molecular complexity index is 1120. The highest BCUT2D eigenvalue weighted by Crippen LogP contribution is 2.32. The van der Waals surface area contributed by atoms with E-state index in [1.165, 1.54) is 11.1 Å². The van der Waals surface area contributed by atoms with Gasteiger partial charge in [-0.1, -0.05) is 29.8 Å². The van der Waals surface area contributed by atoms with Gasteiger partial charge in [0, 0.05) is 45.3 Å². The Kier molecular flexibility index (Phi) is 5.76. The molecule has 3 aromatic rings. The van der Waals surface area contributed by atoms with Gasteiger partial charge in [0.1, 0.15) is 23.1 Å². The number of piperazine rings is 1. The zero-order valence-corrected chi connectivity index (χ0v) is 18.9. The van der Waals surface area contributed by atoms with Gasteiger partial charge in [0.2, 0.25) is 5.95 Å². The second-order valence-corrected chi connectivity index (χ2v) is 8.77. The van der Waals surface area contributed by atoms with Gasteiger partial charge in [0.15, 0.2) is 0 Å². The molecule has 1 aromatic heterocycles. The van der Waals surface area contributed by atoms with Gasteiger partial charge in [-0.05, 0) is 48.9 Å². The van der Waals surface area contributed by atoms with Crippen LogP contribution in [0.4, 0.5) is 17.6 Å². The van der Waals surface area contributed by atoms with Crippen molar-refractivity contribution in [2.24, 2.45) is 0 Å². The Hall–Kier alpha value is -3.03. The van der Waals surface area contributed by atoms with Crippen molar-refractivity contribution in [3.63, 3.8) is 0 Å². The topological polar surface area (TPSA) is 70.8 Å². The van der Waals surface area contributed by atoms with Gasteiger partial charge in [-0.2, -0.15) is 9.97 Å². The van der Waals surface area contributed by atoms with E-state index in [9.17, 15) is 0 Å². The molecule has 2 aliphatic rings. The quantitative estimate of drug-likeness (QED) is 0.647. The van der Waals surface area contributed by atoms with Crippen LogP contribution in [0.5, 0.6) is 11.5 Å². The van der Waals surface area contributed by atoms with Crippen molar-refractivity contribution >= 4 is 29.2 Å². The molecule has 7 nitrogen and oxygen atoms in total. The first-order valence-corrected chi connectivity index (χ1v) is 11.3. The number of nitrogens with zero attached hydrogens (tertiary/aromatic N) is 5. The van der Waals surface area contributed by atoms with Crippen molar-refractivity contribution in [1.82, 2.24) is 14.9 Å². The van der Waals surface area contributed by atoms with Gasteiger partial charge in [-0.3, -0.25) is 0 Å². The van der Waals surface area contributed by atoms with E-state index in [4.69, 9.17) is 22.1 Å². The summed E-state index contributed by atoms with van der Waals surface area (Å²) < 4.78 is 6.04. The highest BCUT2D eigenvalue weighted by molar-refractivity contribution is 6.32. The minimum absolute atomic E-state index is 0.318. The molecule has 0 saturated carbocycles. The summed E-state index contributed by atoms with van der Waals surface area (Å²) in [6.45, 7) is 5.55. The maximum absolute atomic E-state index is 6.26. The average Bonchev–Trinajstić information content (AvgIpc) is 2.80. The minimum atomic E-state index is 0.318. The molecule has 0 amide bonds. The summed E-state index contributed by atoms with van der Waals surface area (Å²) in [7, 11) is 2.14. The van der Waals surface area contributed by atoms with E-state index in [1.807, 2.05) is 30.3 Å². The molecule has 0 spiro atoms. The van der Waals surface area contributed by atoms with Crippen LogP contribution in [0.2, 0.25) is 5.02 Å². The summed E-state index contributed by atoms with van der Waals surface area (Å²) in [5, 5.41) is 0.597. The number of likely N-dealkylation sites (N-methyl/N-ethyl adjacent to an activating group) is 1. The van der Waals surface area contributed by atoms with Crippen molar-refractivity contribution in [2.45, 2.75) is 13.0 Å². The van der Waals surface area contributed by atoms with Crippen molar-refractivity contribution in [3.8, 4) is 11.5 Å². The molecule has 1 saturated heterocycles. The highest BCUT2D eigenvalue weighted by Gasteiger charge is 2.22. The van der Waals surface area contributed by atoms with Crippen molar-refractivity contribution in [3.05, 3.63) is 64.7 Å². The van der Waals surface area contributed by atoms with E-state index in [2.05, 4.69) is 49.9 Å². The second kappa shape index (κ2) is 8.84. The maximum atomic E-state index is 6.26. The van der Waals surface area contributed by atoms with Crippen LogP contribution in [0.1, 0.15) is 11.1 Å². The zero-order valence-electron chi connectivity index (χ0n) is 18.2. The number of halogens is 1. The predicted octanol–water partition coefficient (Wildman–Crippen LogP) is 3.82. The predicted molar refractivity (Wildman–Crippen MR) is 129 cm³/mol. The molecule has 5 rings (SSSR count). The Labute approximate surface area is 193 Å². The fourth-order valence-electron chi connectivity index (χ4n) is 4.25. The van der Waals surface area contributed by atoms with E-state index in [1.54, 1.807) is 0 Å². The lowest BCUT2D eigenvalue weighted by molar-refractivity contribution is 0.312. The number of hydrogen-bond donors (Lipinski definition) is 1. The highest BCUT2D eigenvalue weighted by atomic mass is 35.5. The number of benzene rings is 2. The molecular weight excluding hydrogens is 424 g/mol. The van der Waals surface area contributed by atoms with E-state index >= 15 is 0 Å². The summed E-state index contributed by atoms with van der Waals surface area (Å²) >= 11 is 6.26. The molecule has 2 N–H and O–H groups in total. The van der Waals surface area contributed by atoms with E-state index < -0.39 is 0 Å². The van der Waals surface area contributed by atoms with Crippen LogP contribution >= 0.6 is 11.6 Å². The van der Waals surface area contributed by atoms with E-state index in [0.717, 1.165) is 63.1 Å². The third kappa shape index (κ3) is 4.45. The number of aromatic nitrogens is 2. The standard InChI is InChI=1S/C24H27ClN6O/c1-29-10-12-30(13-11-29)22-15-23(28-24(26)27-22)31-9-8-17-6-7-19(14-18(17)16-31)32-21-5-3-2-4-20(21)25/h2-7,14-15H,8-13,16H2,1H3,(H2,26,27,28). The lowest BCUT2D eigenvalue weighted by Crippen LogP contribution is -2.45. The van der Waals surface area contributed by atoms with Gasteiger partial charge in [-0.25, -0.2) is 0 Å². The first-order chi connectivity index (χ1) is 15.5. The Morgan fingerprint density at radius 1 is 0.875 bits per heavy atom. The van der Waals surface area contributed by atoms with Crippen LogP contribution in [0.25, 0.3) is 0 Å². The van der Waals surface area contributed by atoms with Crippen LogP contribution in [-0.2, 0) is 13.0 Å². The molecule has 0 unspecified atom stereocenters. The lowest BCUT2D eigenvalue weighted by Gasteiger charge is -2.34. The van der Waals surface area contributed by atoms with Crippen molar-refractivity contribution in [1.29, 1.82) is 0 Å². The smallest absolute Gasteiger partial charge is 0.223 e.